The Kier molecular flexibility index (Phi) is 9.73. The maximum atomic E-state index is 13.0. The molecule has 2 aliphatic heterocycles. The molecule has 0 spiro atoms. The molecule has 2 aliphatic rings. The number of nitrogen functional groups attached to an aromatic ring is 1. The fourth-order valence-electron chi connectivity index (χ4n) is 5.72. The van der Waals surface area contributed by atoms with Gasteiger partial charge in [0, 0.05) is 12.2 Å². The monoisotopic (exact) mass is 622 g/mol. The van der Waals surface area contributed by atoms with E-state index in [0.717, 1.165) is 0 Å². The second kappa shape index (κ2) is 12.6. The Bertz CT molecular complexity index is 1250. The highest BCUT2D eigenvalue weighted by molar-refractivity contribution is 7.79. The summed E-state index contributed by atoms with van der Waals surface area (Å²) in [7, 11) is -5.84. The van der Waals surface area contributed by atoms with Gasteiger partial charge in [-0.15, -0.1) is 0 Å². The maximum Gasteiger partial charge on any atom is 0.358 e. The number of rotatable bonds is 7. The lowest BCUT2D eigenvalue weighted by molar-refractivity contribution is -0.0602. The van der Waals surface area contributed by atoms with Crippen LogP contribution in [0.4, 0.5) is 5.95 Å². The van der Waals surface area contributed by atoms with Crippen molar-refractivity contribution in [2.75, 3.05) is 12.3 Å². The number of thiocarbonyl (C=S) groups is 1. The van der Waals surface area contributed by atoms with Crippen LogP contribution in [-0.4, -0.2) is 61.8 Å². The van der Waals surface area contributed by atoms with E-state index in [1.165, 1.54) is 10.9 Å². The number of anilines is 1. The number of ether oxygens (including phenoxy) is 3. The third-order valence-electron chi connectivity index (χ3n) is 7.81. The smallest absolute Gasteiger partial charge is 0.358 e. The van der Waals surface area contributed by atoms with Crippen LogP contribution < -0.4 is 16.2 Å². The minimum absolute atomic E-state index is 0.0732. The van der Waals surface area contributed by atoms with Gasteiger partial charge in [-0.2, -0.15) is 4.98 Å². The zero-order valence-electron chi connectivity index (χ0n) is 25.0. The Balaban J connectivity index is 1.80. The Morgan fingerprint density at radius 2 is 1.63 bits per heavy atom. The van der Waals surface area contributed by atoms with Gasteiger partial charge >= 0.3 is 28.0 Å². The average Bonchev–Trinajstić information content (AvgIpc) is 3.19. The Hall–Kier alpha value is -2.21. The molecule has 0 saturated carbocycles. The predicted molar refractivity (Wildman–Crippen MR) is 163 cm³/mol. The SMILES string of the molecule is CC(C)[Si]1(C(C)C)OC[C@H]2O[C@H](n3cnc(N)nc3=O)[C@H](OC(=S)Oc3ccccc3)C2O[Si](C(C)C)(C(C)C)O1. The van der Waals surface area contributed by atoms with Gasteiger partial charge in [0.2, 0.25) is 5.95 Å². The number of fused-ring (bicyclic) bond motifs is 1. The summed E-state index contributed by atoms with van der Waals surface area (Å²) in [6.45, 7) is 17.3. The summed E-state index contributed by atoms with van der Waals surface area (Å²) in [5, 5.41) is -0.137. The van der Waals surface area contributed by atoms with E-state index in [4.69, 9.17) is 45.1 Å². The van der Waals surface area contributed by atoms with Crippen molar-refractivity contribution in [3.8, 4) is 5.75 Å². The van der Waals surface area contributed by atoms with E-state index < -0.39 is 47.4 Å². The van der Waals surface area contributed by atoms with Crippen LogP contribution in [-0.2, 0) is 22.4 Å². The van der Waals surface area contributed by atoms with Gasteiger partial charge in [-0.25, -0.2) is 9.78 Å². The molecule has 11 nitrogen and oxygen atoms in total. The van der Waals surface area contributed by atoms with E-state index in [1.54, 1.807) is 12.1 Å². The van der Waals surface area contributed by atoms with Gasteiger partial charge in [-0.05, 0) is 34.3 Å². The van der Waals surface area contributed by atoms with Gasteiger partial charge in [0.25, 0.3) is 0 Å². The van der Waals surface area contributed by atoms with Crippen LogP contribution in [0.25, 0.3) is 0 Å². The fourth-order valence-corrected chi connectivity index (χ4v) is 17.1. The predicted octanol–water partition coefficient (Wildman–Crippen LogP) is 4.82. The van der Waals surface area contributed by atoms with Crippen LogP contribution in [0.3, 0.4) is 0 Å². The summed E-state index contributed by atoms with van der Waals surface area (Å²) in [6, 6.07) is 9.07. The van der Waals surface area contributed by atoms with Crippen molar-refractivity contribution < 1.29 is 27.2 Å². The van der Waals surface area contributed by atoms with Gasteiger partial charge in [0.1, 0.15) is 24.3 Å². The zero-order valence-corrected chi connectivity index (χ0v) is 27.8. The molecule has 41 heavy (non-hydrogen) atoms. The molecule has 14 heteroatoms. The van der Waals surface area contributed by atoms with Crippen LogP contribution in [0.15, 0.2) is 41.5 Å². The van der Waals surface area contributed by atoms with Crippen LogP contribution in [0.2, 0.25) is 22.2 Å². The standard InChI is InChI=1S/C27H42N4O7SSi2/c1-16(2)40(17(3)4)33-14-21-22(37-41(38-40,18(5)6)19(7)8)23(36-27(39)34-20-12-10-9-11-13-20)24(35-21)31-15-29-25(28)30-26(31)32/h9-13,15-19,21-24H,14H2,1-8H3,(H2,28,30,32)/t21-,22?,23-,24+/m1/s1. The molecule has 4 atom stereocenters. The normalized spacial score (nSPS) is 25.7. The largest absolute Gasteiger partial charge is 0.446 e. The molecule has 1 aromatic heterocycles. The molecule has 4 rings (SSSR count). The molecule has 0 amide bonds. The molecule has 2 fully saturated rings. The highest BCUT2D eigenvalue weighted by Crippen LogP contribution is 2.48. The first-order chi connectivity index (χ1) is 19.3. The molecule has 1 aromatic carbocycles. The molecule has 2 N–H and O–H groups in total. The minimum Gasteiger partial charge on any atom is -0.446 e. The second-order valence-corrected chi connectivity index (χ2v) is 21.0. The number of para-hydroxylation sites is 1. The Labute approximate surface area is 249 Å². The van der Waals surface area contributed by atoms with Crippen LogP contribution >= 0.6 is 12.2 Å². The van der Waals surface area contributed by atoms with Crippen LogP contribution in [0.5, 0.6) is 5.75 Å². The van der Waals surface area contributed by atoms with E-state index in [2.05, 4.69) is 65.4 Å². The van der Waals surface area contributed by atoms with Crippen molar-refractivity contribution in [2.45, 2.75) is 102 Å². The quantitative estimate of drug-likeness (QED) is 0.337. The van der Waals surface area contributed by atoms with Gasteiger partial charge in [-0.1, -0.05) is 73.6 Å². The van der Waals surface area contributed by atoms with Crippen molar-refractivity contribution in [1.82, 2.24) is 14.5 Å². The summed E-state index contributed by atoms with van der Waals surface area (Å²) in [6.07, 6.45) is -1.88. The van der Waals surface area contributed by atoms with Crippen LogP contribution in [0.1, 0.15) is 61.6 Å². The summed E-state index contributed by atoms with van der Waals surface area (Å²) in [5.41, 5.74) is 5.51. The fraction of sp³-hybridized carbons (Fsp3) is 0.630. The Morgan fingerprint density at radius 1 is 1.02 bits per heavy atom. The number of nitrogens with zero attached hydrogens (tertiary/aromatic N) is 3. The molecular weight excluding hydrogens is 581 g/mol. The van der Waals surface area contributed by atoms with E-state index in [0.29, 0.717) is 5.75 Å². The molecule has 0 radical (unpaired) electrons. The van der Waals surface area contributed by atoms with Crippen molar-refractivity contribution in [3.63, 3.8) is 0 Å². The molecule has 2 saturated heterocycles. The van der Waals surface area contributed by atoms with Crippen molar-refractivity contribution in [2.24, 2.45) is 0 Å². The van der Waals surface area contributed by atoms with E-state index in [1.807, 2.05) is 18.2 Å². The topological polar surface area (TPSA) is 129 Å². The summed E-state index contributed by atoms with van der Waals surface area (Å²) in [5.74, 6) is 0.375. The second-order valence-electron chi connectivity index (χ2n) is 11.8. The van der Waals surface area contributed by atoms with Gasteiger partial charge < -0.3 is 32.9 Å². The lowest BCUT2D eigenvalue weighted by atomic mass is 10.1. The highest BCUT2D eigenvalue weighted by atomic mass is 32.1. The first kappa shape index (κ1) is 31.7. The van der Waals surface area contributed by atoms with E-state index in [9.17, 15) is 4.79 Å². The van der Waals surface area contributed by atoms with Gasteiger partial charge in [0.05, 0.1) is 6.61 Å². The summed E-state index contributed by atoms with van der Waals surface area (Å²) < 4.78 is 41.1. The molecule has 0 bridgehead atoms. The minimum atomic E-state index is -3.03. The van der Waals surface area contributed by atoms with Crippen LogP contribution in [0, 0.1) is 0 Å². The molecular formula is C27H42N4O7SSi2. The van der Waals surface area contributed by atoms with Gasteiger partial charge in [-0.3, -0.25) is 4.57 Å². The van der Waals surface area contributed by atoms with Crippen molar-refractivity contribution >= 4 is 40.5 Å². The Morgan fingerprint density at radius 3 is 2.20 bits per heavy atom. The number of benzene rings is 1. The summed E-state index contributed by atoms with van der Waals surface area (Å²) >= 11 is 5.51. The molecule has 226 valence electrons. The summed E-state index contributed by atoms with van der Waals surface area (Å²) in [4.78, 5) is 20.8. The number of nitrogens with two attached hydrogens (primary N) is 1. The zero-order chi connectivity index (χ0) is 30.1. The number of hydrogen-bond donors (Lipinski definition) is 1. The third kappa shape index (κ3) is 6.28. The number of hydrogen-bond acceptors (Lipinski definition) is 11. The van der Waals surface area contributed by atoms with Crippen molar-refractivity contribution in [3.05, 3.63) is 47.1 Å². The lowest BCUT2D eigenvalue weighted by Gasteiger charge is -2.51. The van der Waals surface area contributed by atoms with Gasteiger partial charge in [0.15, 0.2) is 12.3 Å². The first-order valence-electron chi connectivity index (χ1n) is 14.1. The lowest BCUT2D eigenvalue weighted by Crippen LogP contribution is -2.66. The maximum absolute atomic E-state index is 13.0. The molecule has 0 aliphatic carbocycles. The number of aromatic nitrogens is 3. The highest BCUT2D eigenvalue weighted by Gasteiger charge is 2.62. The van der Waals surface area contributed by atoms with E-state index >= 15 is 0 Å². The average molecular weight is 623 g/mol. The first-order valence-corrected chi connectivity index (χ1v) is 18.5. The van der Waals surface area contributed by atoms with E-state index in [-0.39, 0.29) is 40.0 Å². The molecule has 2 aromatic rings. The third-order valence-corrected chi connectivity index (χ3v) is 18.2. The van der Waals surface area contributed by atoms with Crippen molar-refractivity contribution in [1.29, 1.82) is 0 Å². The molecule has 1 unspecified atom stereocenters. The molecule has 3 heterocycles.